The van der Waals surface area contributed by atoms with Gasteiger partial charge in [0.1, 0.15) is 17.9 Å². The van der Waals surface area contributed by atoms with E-state index in [1.54, 1.807) is 26.1 Å². The highest BCUT2D eigenvalue weighted by Gasteiger charge is 2.12. The second-order valence-corrected chi connectivity index (χ2v) is 3.23. The molecular weight excluding hydrogens is 192 g/mol. The summed E-state index contributed by atoms with van der Waals surface area (Å²) in [5.41, 5.74) is 6.35. The SMILES string of the molecule is Cc1ccnc(NC(C)C(N)=O)c1C#N. The van der Waals surface area contributed by atoms with Gasteiger partial charge in [-0.15, -0.1) is 0 Å². The van der Waals surface area contributed by atoms with Gasteiger partial charge < -0.3 is 11.1 Å². The Kier molecular flexibility index (Phi) is 3.24. The first-order valence-electron chi connectivity index (χ1n) is 4.47. The Morgan fingerprint density at radius 2 is 2.40 bits per heavy atom. The Bertz CT molecular complexity index is 422. The van der Waals surface area contributed by atoms with Crippen LogP contribution in [0.4, 0.5) is 5.82 Å². The van der Waals surface area contributed by atoms with Gasteiger partial charge in [0.2, 0.25) is 5.91 Å². The van der Waals surface area contributed by atoms with E-state index in [1.807, 2.05) is 6.07 Å². The normalized spacial score (nSPS) is 11.5. The van der Waals surface area contributed by atoms with Crippen LogP contribution in [0.1, 0.15) is 18.1 Å². The van der Waals surface area contributed by atoms with Crippen LogP contribution in [0.2, 0.25) is 0 Å². The van der Waals surface area contributed by atoms with Gasteiger partial charge in [0, 0.05) is 6.20 Å². The molecular formula is C10H12N4O. The summed E-state index contributed by atoms with van der Waals surface area (Å²) in [5, 5.41) is 11.7. The van der Waals surface area contributed by atoms with E-state index >= 15 is 0 Å². The fourth-order valence-electron chi connectivity index (χ4n) is 1.09. The average Bonchev–Trinajstić information content (AvgIpc) is 2.18. The van der Waals surface area contributed by atoms with Crippen molar-refractivity contribution in [3.05, 3.63) is 23.4 Å². The predicted octanol–water partition coefficient (Wildman–Crippen LogP) is 0.547. The largest absolute Gasteiger partial charge is 0.368 e. The molecule has 1 unspecified atom stereocenters. The molecule has 78 valence electrons. The van der Waals surface area contributed by atoms with Crippen LogP contribution in [0.15, 0.2) is 12.3 Å². The summed E-state index contributed by atoms with van der Waals surface area (Å²) in [6.07, 6.45) is 1.58. The highest BCUT2D eigenvalue weighted by Crippen LogP contribution is 2.15. The summed E-state index contributed by atoms with van der Waals surface area (Å²) in [6.45, 7) is 3.42. The van der Waals surface area contributed by atoms with Gasteiger partial charge in [-0.3, -0.25) is 4.79 Å². The van der Waals surface area contributed by atoms with Crippen LogP contribution in [0.3, 0.4) is 0 Å². The third-order valence-electron chi connectivity index (χ3n) is 2.05. The first-order valence-corrected chi connectivity index (χ1v) is 4.47. The predicted molar refractivity (Wildman–Crippen MR) is 56.0 cm³/mol. The first kappa shape index (κ1) is 11.0. The minimum atomic E-state index is -0.550. The molecule has 0 aliphatic carbocycles. The zero-order valence-corrected chi connectivity index (χ0v) is 8.61. The van der Waals surface area contributed by atoms with Crippen molar-refractivity contribution in [1.82, 2.24) is 4.98 Å². The van der Waals surface area contributed by atoms with E-state index in [9.17, 15) is 4.79 Å². The minimum Gasteiger partial charge on any atom is -0.368 e. The Morgan fingerprint density at radius 1 is 1.73 bits per heavy atom. The van der Waals surface area contributed by atoms with Crippen LogP contribution < -0.4 is 11.1 Å². The number of hydrogen-bond acceptors (Lipinski definition) is 4. The van der Waals surface area contributed by atoms with Crippen LogP contribution >= 0.6 is 0 Å². The van der Waals surface area contributed by atoms with E-state index in [-0.39, 0.29) is 0 Å². The third-order valence-corrected chi connectivity index (χ3v) is 2.05. The van der Waals surface area contributed by atoms with Gasteiger partial charge in [0.05, 0.1) is 5.56 Å². The quantitative estimate of drug-likeness (QED) is 0.751. The van der Waals surface area contributed by atoms with E-state index in [0.717, 1.165) is 5.56 Å². The van der Waals surface area contributed by atoms with Gasteiger partial charge in [-0.25, -0.2) is 4.98 Å². The number of rotatable bonds is 3. The van der Waals surface area contributed by atoms with Crippen LogP contribution in [0, 0.1) is 18.3 Å². The lowest BCUT2D eigenvalue weighted by atomic mass is 10.1. The topological polar surface area (TPSA) is 91.8 Å². The lowest BCUT2D eigenvalue weighted by Crippen LogP contribution is -2.33. The van der Waals surface area contributed by atoms with Crippen molar-refractivity contribution in [1.29, 1.82) is 5.26 Å². The van der Waals surface area contributed by atoms with Gasteiger partial charge in [-0.05, 0) is 25.5 Å². The number of carbonyl (C=O) groups excluding carboxylic acids is 1. The maximum Gasteiger partial charge on any atom is 0.239 e. The van der Waals surface area contributed by atoms with Crippen molar-refractivity contribution in [2.75, 3.05) is 5.32 Å². The van der Waals surface area contributed by atoms with Crippen molar-refractivity contribution in [3.63, 3.8) is 0 Å². The summed E-state index contributed by atoms with van der Waals surface area (Å²) in [4.78, 5) is 14.8. The number of aryl methyl sites for hydroxylation is 1. The maximum absolute atomic E-state index is 10.8. The molecule has 0 saturated carbocycles. The minimum absolute atomic E-state index is 0.392. The molecule has 0 spiro atoms. The maximum atomic E-state index is 10.8. The summed E-state index contributed by atoms with van der Waals surface area (Å²) in [6, 6.07) is 3.22. The van der Waals surface area contributed by atoms with E-state index in [4.69, 9.17) is 11.0 Å². The molecule has 1 heterocycles. The van der Waals surface area contributed by atoms with Gasteiger partial charge in [-0.1, -0.05) is 0 Å². The fourth-order valence-corrected chi connectivity index (χ4v) is 1.09. The van der Waals surface area contributed by atoms with Crippen LogP contribution in [-0.2, 0) is 4.79 Å². The summed E-state index contributed by atoms with van der Waals surface area (Å²) >= 11 is 0. The first-order chi connectivity index (χ1) is 7.06. The van der Waals surface area contributed by atoms with Crippen LogP contribution in [0.25, 0.3) is 0 Å². The van der Waals surface area contributed by atoms with Crippen LogP contribution in [0.5, 0.6) is 0 Å². The number of amides is 1. The zero-order valence-electron chi connectivity index (χ0n) is 8.61. The molecule has 0 bridgehead atoms. The molecule has 0 aromatic carbocycles. The number of nitrogens with one attached hydrogen (secondary N) is 1. The second kappa shape index (κ2) is 4.42. The van der Waals surface area contributed by atoms with Crippen molar-refractivity contribution in [2.45, 2.75) is 19.9 Å². The molecule has 1 atom stereocenters. The van der Waals surface area contributed by atoms with Gasteiger partial charge >= 0.3 is 0 Å². The van der Waals surface area contributed by atoms with E-state index in [1.165, 1.54) is 0 Å². The number of primary amides is 1. The number of carbonyl (C=O) groups is 1. The third kappa shape index (κ3) is 2.44. The zero-order chi connectivity index (χ0) is 11.4. The number of nitrogens with zero attached hydrogens (tertiary/aromatic N) is 2. The molecule has 1 aromatic heterocycles. The van der Waals surface area contributed by atoms with E-state index in [0.29, 0.717) is 11.4 Å². The molecule has 1 rings (SSSR count). The van der Waals surface area contributed by atoms with Gasteiger partial charge in [-0.2, -0.15) is 5.26 Å². The molecule has 1 aromatic rings. The lowest BCUT2D eigenvalue weighted by Gasteiger charge is -2.12. The smallest absolute Gasteiger partial charge is 0.239 e. The Morgan fingerprint density at radius 3 is 2.93 bits per heavy atom. The summed E-state index contributed by atoms with van der Waals surface area (Å²) < 4.78 is 0. The standard InChI is InChI=1S/C10H12N4O/c1-6-3-4-13-10(8(6)5-11)14-7(2)9(12)15/h3-4,7H,1-2H3,(H2,12,15)(H,13,14). The highest BCUT2D eigenvalue weighted by molar-refractivity contribution is 5.82. The van der Waals surface area contributed by atoms with Crippen molar-refractivity contribution in [3.8, 4) is 6.07 Å². The molecule has 0 aliphatic heterocycles. The molecule has 0 aliphatic rings. The molecule has 1 amide bonds. The Labute approximate surface area is 87.9 Å². The molecule has 5 heteroatoms. The number of pyridine rings is 1. The van der Waals surface area contributed by atoms with E-state index < -0.39 is 11.9 Å². The number of aromatic nitrogens is 1. The fraction of sp³-hybridized carbons (Fsp3) is 0.300. The van der Waals surface area contributed by atoms with Crippen molar-refractivity contribution >= 4 is 11.7 Å². The van der Waals surface area contributed by atoms with E-state index in [2.05, 4.69) is 10.3 Å². The van der Waals surface area contributed by atoms with Crippen LogP contribution in [-0.4, -0.2) is 16.9 Å². The highest BCUT2D eigenvalue weighted by atomic mass is 16.1. The second-order valence-electron chi connectivity index (χ2n) is 3.23. The molecule has 0 radical (unpaired) electrons. The average molecular weight is 204 g/mol. The number of hydrogen-bond donors (Lipinski definition) is 2. The number of nitrogens with two attached hydrogens (primary N) is 1. The molecule has 3 N–H and O–H groups in total. The number of nitriles is 1. The monoisotopic (exact) mass is 204 g/mol. The number of anilines is 1. The lowest BCUT2D eigenvalue weighted by molar-refractivity contribution is -0.118. The Balaban J connectivity index is 3.01. The van der Waals surface area contributed by atoms with Gasteiger partial charge in [0.25, 0.3) is 0 Å². The van der Waals surface area contributed by atoms with Crippen molar-refractivity contribution in [2.24, 2.45) is 5.73 Å². The molecule has 0 fully saturated rings. The molecule has 15 heavy (non-hydrogen) atoms. The molecule has 5 nitrogen and oxygen atoms in total. The summed E-state index contributed by atoms with van der Waals surface area (Å²) in [5.74, 6) is -0.0917. The Hall–Kier alpha value is -2.09. The summed E-state index contributed by atoms with van der Waals surface area (Å²) in [7, 11) is 0. The van der Waals surface area contributed by atoms with Gasteiger partial charge in [0.15, 0.2) is 0 Å². The van der Waals surface area contributed by atoms with Crippen molar-refractivity contribution < 1.29 is 4.79 Å². The molecule has 0 saturated heterocycles.